The minimum absolute atomic E-state index is 0. The molecular weight excluding hydrogens is 529 g/mol. The van der Waals surface area contributed by atoms with E-state index in [0.29, 0.717) is 19.2 Å². The molecule has 1 saturated heterocycles. The highest BCUT2D eigenvalue weighted by Gasteiger charge is 2.20. The third-order valence-corrected chi connectivity index (χ3v) is 5.44. The highest BCUT2D eigenvalue weighted by molar-refractivity contribution is 14.0. The number of ether oxygens (including phenoxy) is 1. The lowest BCUT2D eigenvalue weighted by atomic mass is 9.96. The first-order chi connectivity index (χ1) is 15.4. The number of amides is 1. The van der Waals surface area contributed by atoms with Crippen molar-refractivity contribution in [2.75, 3.05) is 45.9 Å². The number of benzene rings is 1. The monoisotopic (exact) mass is 573 g/mol. The van der Waals surface area contributed by atoms with Gasteiger partial charge in [-0.05, 0) is 31.7 Å². The Morgan fingerprint density at radius 2 is 1.76 bits per heavy atom. The van der Waals surface area contributed by atoms with E-state index in [-0.39, 0.29) is 35.3 Å². The molecule has 0 aliphatic carbocycles. The molecule has 1 amide bonds. The quantitative estimate of drug-likeness (QED) is 0.164. The Bertz CT molecular complexity index is 686. The van der Waals surface area contributed by atoms with Crippen LogP contribution in [-0.4, -0.2) is 68.7 Å². The Hall–Kier alpha value is -1.39. The first kappa shape index (κ1) is 29.6. The van der Waals surface area contributed by atoms with Crippen LogP contribution in [0, 0.1) is 5.41 Å². The van der Waals surface area contributed by atoms with E-state index in [0.717, 1.165) is 64.6 Å². The second-order valence-electron chi connectivity index (χ2n) is 9.38. The molecule has 0 aromatic heterocycles. The van der Waals surface area contributed by atoms with E-state index in [1.807, 2.05) is 27.7 Å². The van der Waals surface area contributed by atoms with Gasteiger partial charge >= 0.3 is 0 Å². The molecule has 7 nitrogen and oxygen atoms in total. The van der Waals surface area contributed by atoms with Gasteiger partial charge in [-0.2, -0.15) is 0 Å². The summed E-state index contributed by atoms with van der Waals surface area (Å²) < 4.78 is 6.10. The summed E-state index contributed by atoms with van der Waals surface area (Å²) in [6.07, 6.45) is 3.46. The zero-order valence-electron chi connectivity index (χ0n) is 20.9. The number of piperidine rings is 1. The van der Waals surface area contributed by atoms with E-state index in [2.05, 4.69) is 56.2 Å². The molecule has 1 aromatic rings. The number of halogens is 1. The van der Waals surface area contributed by atoms with Crippen LogP contribution in [0.1, 0.15) is 52.5 Å². The molecule has 0 atom stereocenters. The average molecular weight is 574 g/mol. The van der Waals surface area contributed by atoms with Crippen molar-refractivity contribution in [2.45, 2.75) is 59.6 Å². The van der Waals surface area contributed by atoms with Crippen molar-refractivity contribution in [3.8, 4) is 0 Å². The van der Waals surface area contributed by atoms with E-state index < -0.39 is 0 Å². The minimum Gasteiger partial charge on any atom is -0.378 e. The van der Waals surface area contributed by atoms with Crippen LogP contribution in [0.15, 0.2) is 35.3 Å². The van der Waals surface area contributed by atoms with Crippen LogP contribution < -0.4 is 16.0 Å². The van der Waals surface area contributed by atoms with E-state index in [4.69, 9.17) is 4.74 Å². The molecule has 0 bridgehead atoms. The number of aliphatic imine (C=N–C) groups is 1. The molecule has 0 spiro atoms. The Labute approximate surface area is 217 Å². The Balaban J connectivity index is 0.00000544. The second kappa shape index (κ2) is 16.3. The van der Waals surface area contributed by atoms with E-state index >= 15 is 0 Å². The number of carbonyl (C=O) groups is 1. The predicted molar refractivity (Wildman–Crippen MR) is 147 cm³/mol. The molecule has 33 heavy (non-hydrogen) atoms. The maximum atomic E-state index is 11.9. The maximum absolute atomic E-state index is 11.9. The fourth-order valence-corrected chi connectivity index (χ4v) is 3.54. The van der Waals surface area contributed by atoms with E-state index in [1.165, 1.54) is 5.56 Å². The SMILES string of the molecule is CCNC(=NCCCOC1CCN(Cc2ccccc2)CC1)NCCNC(=O)C(C)(C)C.I. The van der Waals surface area contributed by atoms with Crippen molar-refractivity contribution < 1.29 is 9.53 Å². The molecule has 0 unspecified atom stereocenters. The van der Waals surface area contributed by atoms with Gasteiger partial charge in [0.2, 0.25) is 5.91 Å². The fraction of sp³-hybridized carbons (Fsp3) is 0.680. The van der Waals surface area contributed by atoms with Gasteiger partial charge in [0.1, 0.15) is 0 Å². The van der Waals surface area contributed by atoms with Crippen molar-refractivity contribution in [3.05, 3.63) is 35.9 Å². The summed E-state index contributed by atoms with van der Waals surface area (Å²) >= 11 is 0. The maximum Gasteiger partial charge on any atom is 0.225 e. The van der Waals surface area contributed by atoms with Crippen LogP contribution in [0.5, 0.6) is 0 Å². The summed E-state index contributed by atoms with van der Waals surface area (Å²) in [5, 5.41) is 9.46. The van der Waals surface area contributed by atoms with Crippen molar-refractivity contribution in [1.29, 1.82) is 0 Å². The minimum atomic E-state index is -0.364. The van der Waals surface area contributed by atoms with Crippen LogP contribution >= 0.6 is 24.0 Å². The fourth-order valence-electron chi connectivity index (χ4n) is 3.54. The number of carbonyl (C=O) groups excluding carboxylic acids is 1. The van der Waals surface area contributed by atoms with Crippen molar-refractivity contribution in [2.24, 2.45) is 10.4 Å². The number of guanidine groups is 1. The van der Waals surface area contributed by atoms with E-state index in [9.17, 15) is 4.79 Å². The van der Waals surface area contributed by atoms with Gasteiger partial charge in [-0.3, -0.25) is 14.7 Å². The molecular formula is C25H44IN5O2. The summed E-state index contributed by atoms with van der Waals surface area (Å²) in [6.45, 7) is 14.5. The van der Waals surface area contributed by atoms with Gasteiger partial charge in [-0.1, -0.05) is 51.1 Å². The van der Waals surface area contributed by atoms with Gasteiger partial charge < -0.3 is 20.7 Å². The van der Waals surface area contributed by atoms with Crippen molar-refractivity contribution >= 4 is 35.8 Å². The first-order valence-electron chi connectivity index (χ1n) is 12.1. The third kappa shape index (κ3) is 12.6. The predicted octanol–water partition coefficient (Wildman–Crippen LogP) is 3.39. The summed E-state index contributed by atoms with van der Waals surface area (Å²) in [5.74, 6) is 0.844. The van der Waals surface area contributed by atoms with Gasteiger partial charge in [-0.15, -0.1) is 24.0 Å². The summed E-state index contributed by atoms with van der Waals surface area (Å²) in [7, 11) is 0. The standard InChI is InChI=1S/C25H43N5O2.HI/c1-5-26-24(29-16-15-27-23(31)25(2,3)4)28-14-9-19-32-22-12-17-30(18-13-22)20-21-10-7-6-8-11-21;/h6-8,10-11,22H,5,9,12-20H2,1-4H3,(H,27,31)(H2,26,28,29);1H. The molecule has 1 fully saturated rings. The molecule has 1 aliphatic heterocycles. The van der Waals surface area contributed by atoms with Crippen LogP contribution in [0.3, 0.4) is 0 Å². The molecule has 1 aromatic carbocycles. The van der Waals surface area contributed by atoms with Crippen LogP contribution in [0.25, 0.3) is 0 Å². The lowest BCUT2D eigenvalue weighted by molar-refractivity contribution is -0.128. The number of likely N-dealkylation sites (tertiary alicyclic amines) is 1. The Morgan fingerprint density at radius 3 is 2.39 bits per heavy atom. The van der Waals surface area contributed by atoms with Gasteiger partial charge in [-0.25, -0.2) is 0 Å². The van der Waals surface area contributed by atoms with Crippen LogP contribution in [-0.2, 0) is 16.1 Å². The Kier molecular flexibility index (Phi) is 14.6. The van der Waals surface area contributed by atoms with Crippen molar-refractivity contribution in [1.82, 2.24) is 20.9 Å². The van der Waals surface area contributed by atoms with Crippen molar-refractivity contribution in [3.63, 3.8) is 0 Å². The smallest absolute Gasteiger partial charge is 0.225 e. The molecule has 8 heteroatoms. The number of hydrogen-bond donors (Lipinski definition) is 3. The highest BCUT2D eigenvalue weighted by atomic mass is 127. The summed E-state index contributed by atoms with van der Waals surface area (Å²) in [6, 6.07) is 10.7. The lowest BCUT2D eigenvalue weighted by Gasteiger charge is -2.31. The summed E-state index contributed by atoms with van der Waals surface area (Å²) in [5.41, 5.74) is 1.02. The number of nitrogens with one attached hydrogen (secondary N) is 3. The van der Waals surface area contributed by atoms with E-state index in [1.54, 1.807) is 0 Å². The number of rotatable bonds is 11. The molecule has 3 N–H and O–H groups in total. The lowest BCUT2D eigenvalue weighted by Crippen LogP contribution is -2.43. The molecule has 188 valence electrons. The molecule has 0 radical (unpaired) electrons. The first-order valence-corrected chi connectivity index (χ1v) is 12.1. The molecule has 1 aliphatic rings. The largest absolute Gasteiger partial charge is 0.378 e. The third-order valence-electron chi connectivity index (χ3n) is 5.44. The topological polar surface area (TPSA) is 78.0 Å². The molecule has 2 rings (SSSR count). The zero-order valence-corrected chi connectivity index (χ0v) is 23.2. The second-order valence-corrected chi connectivity index (χ2v) is 9.38. The Morgan fingerprint density at radius 1 is 1.09 bits per heavy atom. The highest BCUT2D eigenvalue weighted by Crippen LogP contribution is 2.16. The number of nitrogens with zero attached hydrogens (tertiary/aromatic N) is 2. The van der Waals surface area contributed by atoms with Gasteiger partial charge in [0, 0.05) is 57.8 Å². The summed E-state index contributed by atoms with van der Waals surface area (Å²) in [4.78, 5) is 19.0. The zero-order chi connectivity index (χ0) is 23.2. The normalized spacial score (nSPS) is 15.6. The van der Waals surface area contributed by atoms with Gasteiger partial charge in [0.15, 0.2) is 5.96 Å². The average Bonchev–Trinajstić information content (AvgIpc) is 2.77. The number of hydrogen-bond acceptors (Lipinski definition) is 4. The van der Waals surface area contributed by atoms with Gasteiger partial charge in [0.25, 0.3) is 0 Å². The molecule has 1 heterocycles. The van der Waals surface area contributed by atoms with Gasteiger partial charge in [0.05, 0.1) is 6.10 Å². The van der Waals surface area contributed by atoms with Crippen LogP contribution in [0.4, 0.5) is 0 Å². The van der Waals surface area contributed by atoms with Crippen LogP contribution in [0.2, 0.25) is 0 Å². The molecule has 0 saturated carbocycles.